The highest BCUT2D eigenvalue weighted by molar-refractivity contribution is 7.91. The smallest absolute Gasteiger partial charge is 0.238 e. The van der Waals surface area contributed by atoms with Gasteiger partial charge in [-0.1, -0.05) is 43.7 Å². The summed E-state index contributed by atoms with van der Waals surface area (Å²) in [5.74, 6) is -0.0333. The van der Waals surface area contributed by atoms with Crippen molar-refractivity contribution in [1.82, 2.24) is 10.6 Å². The van der Waals surface area contributed by atoms with Gasteiger partial charge in [0, 0.05) is 6.42 Å². The first-order chi connectivity index (χ1) is 14.8. The second-order valence-electron chi connectivity index (χ2n) is 7.97. The summed E-state index contributed by atoms with van der Waals surface area (Å²) in [6.07, 6.45) is 3.33. The lowest BCUT2D eigenvalue weighted by molar-refractivity contribution is -0.124. The molecule has 7 heteroatoms. The zero-order valence-corrected chi connectivity index (χ0v) is 18.8. The van der Waals surface area contributed by atoms with Crippen LogP contribution in [-0.2, 0) is 21.1 Å². The zero-order chi connectivity index (χ0) is 22.4. The van der Waals surface area contributed by atoms with Crippen LogP contribution in [0.3, 0.4) is 0 Å². The van der Waals surface area contributed by atoms with Crippen LogP contribution in [0.5, 0.6) is 0 Å². The molecular weight excluding hydrogens is 410 g/mol. The van der Waals surface area contributed by atoms with E-state index in [2.05, 4.69) is 16.7 Å². The number of sulfone groups is 1. The molecule has 1 fully saturated rings. The average Bonchev–Trinajstić information content (AvgIpc) is 2.79. The van der Waals surface area contributed by atoms with Crippen LogP contribution < -0.4 is 10.6 Å². The quantitative estimate of drug-likeness (QED) is 0.690. The fraction of sp³-hybridized carbons (Fsp3) is 0.417. The molecule has 3 rings (SSSR count). The van der Waals surface area contributed by atoms with Crippen LogP contribution in [0.25, 0.3) is 11.1 Å². The molecule has 2 aromatic carbocycles. The SMILES string of the molecule is CCS(=O)(=O)c1ccc(-c2ccc(CC(C#N)NC(=O)C3CCCCN3)cc2)c(C)c1. The first-order valence-electron chi connectivity index (χ1n) is 10.7. The summed E-state index contributed by atoms with van der Waals surface area (Å²) < 4.78 is 24.2. The first-order valence-corrected chi connectivity index (χ1v) is 12.4. The molecule has 31 heavy (non-hydrogen) atoms. The Balaban J connectivity index is 1.68. The average molecular weight is 440 g/mol. The molecular formula is C24H29N3O3S. The van der Waals surface area contributed by atoms with E-state index >= 15 is 0 Å². The number of hydrogen-bond donors (Lipinski definition) is 2. The van der Waals surface area contributed by atoms with Crippen LogP contribution in [0.15, 0.2) is 47.4 Å². The molecule has 0 aliphatic carbocycles. The van der Waals surface area contributed by atoms with Gasteiger partial charge in [0.25, 0.3) is 0 Å². The number of carbonyl (C=O) groups is 1. The van der Waals surface area contributed by atoms with Crippen LogP contribution in [0.1, 0.15) is 37.3 Å². The molecule has 1 heterocycles. The highest BCUT2D eigenvalue weighted by atomic mass is 32.2. The molecule has 2 N–H and O–H groups in total. The van der Waals surface area contributed by atoms with Crippen LogP contribution >= 0.6 is 0 Å². The lowest BCUT2D eigenvalue weighted by atomic mass is 9.98. The predicted molar refractivity (Wildman–Crippen MR) is 121 cm³/mol. The van der Waals surface area contributed by atoms with E-state index in [1.54, 1.807) is 19.1 Å². The maximum absolute atomic E-state index is 12.4. The predicted octanol–water partition coefficient (Wildman–Crippen LogP) is 3.15. The number of aryl methyl sites for hydroxylation is 1. The van der Waals surface area contributed by atoms with Crippen molar-refractivity contribution in [1.29, 1.82) is 5.26 Å². The third kappa shape index (κ3) is 5.72. The molecule has 0 bridgehead atoms. The number of piperidine rings is 1. The monoisotopic (exact) mass is 439 g/mol. The Hall–Kier alpha value is -2.69. The van der Waals surface area contributed by atoms with E-state index in [4.69, 9.17) is 0 Å². The van der Waals surface area contributed by atoms with E-state index in [0.29, 0.717) is 11.3 Å². The minimum absolute atomic E-state index is 0.0773. The van der Waals surface area contributed by atoms with Crippen LogP contribution in [0.2, 0.25) is 0 Å². The largest absolute Gasteiger partial charge is 0.339 e. The summed E-state index contributed by atoms with van der Waals surface area (Å²) in [4.78, 5) is 12.7. The Kier molecular flexibility index (Phi) is 7.47. The zero-order valence-electron chi connectivity index (χ0n) is 18.0. The Morgan fingerprint density at radius 1 is 1.23 bits per heavy atom. The van der Waals surface area contributed by atoms with Gasteiger partial charge in [-0.25, -0.2) is 8.42 Å². The molecule has 1 aliphatic heterocycles. The number of nitriles is 1. The topological polar surface area (TPSA) is 99.1 Å². The lowest BCUT2D eigenvalue weighted by Crippen LogP contribution is -2.49. The molecule has 0 radical (unpaired) electrons. The minimum atomic E-state index is -3.23. The fourth-order valence-electron chi connectivity index (χ4n) is 3.85. The van der Waals surface area contributed by atoms with Gasteiger partial charge < -0.3 is 10.6 Å². The number of nitrogens with one attached hydrogen (secondary N) is 2. The highest BCUT2D eigenvalue weighted by Gasteiger charge is 2.23. The van der Waals surface area contributed by atoms with Crippen molar-refractivity contribution >= 4 is 15.7 Å². The van der Waals surface area contributed by atoms with Crippen molar-refractivity contribution in [3.8, 4) is 17.2 Å². The van der Waals surface area contributed by atoms with Gasteiger partial charge in [-0.3, -0.25) is 4.79 Å². The number of nitrogens with zero attached hydrogens (tertiary/aromatic N) is 1. The summed E-state index contributed by atoms with van der Waals surface area (Å²) in [7, 11) is -3.23. The minimum Gasteiger partial charge on any atom is -0.339 e. The molecule has 0 spiro atoms. The second kappa shape index (κ2) is 10.1. The van der Waals surface area contributed by atoms with Gasteiger partial charge in [-0.2, -0.15) is 5.26 Å². The van der Waals surface area contributed by atoms with Gasteiger partial charge in [-0.15, -0.1) is 0 Å². The van der Waals surface area contributed by atoms with Gasteiger partial charge in [0.05, 0.1) is 22.8 Å². The number of amides is 1. The summed E-state index contributed by atoms with van der Waals surface area (Å²) >= 11 is 0. The molecule has 0 saturated carbocycles. The molecule has 1 amide bonds. The van der Waals surface area contributed by atoms with E-state index < -0.39 is 15.9 Å². The molecule has 6 nitrogen and oxygen atoms in total. The summed E-state index contributed by atoms with van der Waals surface area (Å²) in [6, 6.07) is 14.4. The third-order valence-electron chi connectivity index (χ3n) is 5.74. The van der Waals surface area contributed by atoms with Crippen LogP contribution in [0, 0.1) is 18.3 Å². The Morgan fingerprint density at radius 3 is 2.55 bits per heavy atom. The van der Waals surface area contributed by atoms with E-state index in [1.807, 2.05) is 37.3 Å². The van der Waals surface area contributed by atoms with Gasteiger partial charge in [0.1, 0.15) is 6.04 Å². The summed E-state index contributed by atoms with van der Waals surface area (Å²) in [5, 5.41) is 15.5. The van der Waals surface area contributed by atoms with Crippen molar-refractivity contribution < 1.29 is 13.2 Å². The van der Waals surface area contributed by atoms with Crippen molar-refractivity contribution in [2.24, 2.45) is 0 Å². The summed E-state index contributed by atoms with van der Waals surface area (Å²) in [6.45, 7) is 4.37. The van der Waals surface area contributed by atoms with Gasteiger partial charge >= 0.3 is 0 Å². The molecule has 2 atom stereocenters. The number of carbonyl (C=O) groups excluding carboxylic acids is 1. The second-order valence-corrected chi connectivity index (χ2v) is 10.3. The maximum atomic E-state index is 12.4. The molecule has 1 saturated heterocycles. The molecule has 0 aromatic heterocycles. The summed E-state index contributed by atoms with van der Waals surface area (Å²) in [5.41, 5.74) is 3.79. The van der Waals surface area contributed by atoms with Gasteiger partial charge in [0.15, 0.2) is 9.84 Å². The standard InChI is InChI=1S/C24H29N3O3S/c1-3-31(29,30)21-11-12-22(17(2)14-21)19-9-7-18(8-10-19)15-20(16-25)27-24(28)23-6-4-5-13-26-23/h7-12,14,20,23,26H,3-6,13,15H2,1-2H3,(H,27,28). The van der Waals surface area contributed by atoms with Crippen molar-refractivity contribution in [3.63, 3.8) is 0 Å². The van der Waals surface area contributed by atoms with Crippen molar-refractivity contribution in [2.45, 2.75) is 56.5 Å². The van der Waals surface area contributed by atoms with Crippen LogP contribution in [0.4, 0.5) is 0 Å². The molecule has 2 unspecified atom stereocenters. The number of benzene rings is 2. The van der Waals surface area contributed by atoms with Crippen LogP contribution in [-0.4, -0.2) is 38.7 Å². The van der Waals surface area contributed by atoms with E-state index in [9.17, 15) is 18.5 Å². The number of hydrogen-bond acceptors (Lipinski definition) is 5. The fourth-order valence-corrected chi connectivity index (χ4v) is 4.82. The van der Waals surface area contributed by atoms with Gasteiger partial charge in [0.2, 0.25) is 5.91 Å². The Bertz CT molecular complexity index is 1070. The number of rotatable bonds is 7. The first kappa shape index (κ1) is 23.0. The Labute approximate surface area is 184 Å². The normalized spacial score (nSPS) is 17.5. The molecule has 164 valence electrons. The maximum Gasteiger partial charge on any atom is 0.238 e. The highest BCUT2D eigenvalue weighted by Crippen LogP contribution is 2.26. The Morgan fingerprint density at radius 2 is 1.97 bits per heavy atom. The van der Waals surface area contributed by atoms with Crippen molar-refractivity contribution in [2.75, 3.05) is 12.3 Å². The molecule has 1 aliphatic rings. The van der Waals surface area contributed by atoms with E-state index in [-0.39, 0.29) is 17.7 Å². The van der Waals surface area contributed by atoms with E-state index in [0.717, 1.165) is 48.1 Å². The van der Waals surface area contributed by atoms with Gasteiger partial charge in [-0.05, 0) is 60.7 Å². The van der Waals surface area contributed by atoms with Crippen molar-refractivity contribution in [3.05, 3.63) is 53.6 Å². The lowest BCUT2D eigenvalue weighted by Gasteiger charge is -2.23. The van der Waals surface area contributed by atoms with E-state index in [1.165, 1.54) is 0 Å². The molecule has 2 aromatic rings. The third-order valence-corrected chi connectivity index (χ3v) is 7.47.